The first-order chi connectivity index (χ1) is 10.5. The van der Waals surface area contributed by atoms with Crippen LogP contribution in [-0.2, 0) is 4.79 Å². The third-order valence-corrected chi connectivity index (χ3v) is 3.70. The molecule has 122 valence electrons. The van der Waals surface area contributed by atoms with Crippen LogP contribution >= 0.6 is 0 Å². The third kappa shape index (κ3) is 6.70. The summed E-state index contributed by atoms with van der Waals surface area (Å²) in [5, 5.41) is 13.5. The van der Waals surface area contributed by atoms with E-state index in [0.717, 1.165) is 12.8 Å². The van der Waals surface area contributed by atoms with Crippen LogP contribution in [0.25, 0.3) is 0 Å². The SMILES string of the molecule is CCCCCCCCCC(=O)Nc1ccc([N+](=O)[O-])cc1C. The lowest BCUT2D eigenvalue weighted by Gasteiger charge is -2.08. The minimum absolute atomic E-state index is 0.0227. The molecule has 0 fully saturated rings. The van der Waals surface area contributed by atoms with Crippen molar-refractivity contribution in [2.24, 2.45) is 0 Å². The predicted molar refractivity (Wildman–Crippen MR) is 89.1 cm³/mol. The fourth-order valence-electron chi connectivity index (χ4n) is 2.36. The van der Waals surface area contributed by atoms with Crippen molar-refractivity contribution in [2.45, 2.75) is 65.2 Å². The summed E-state index contributed by atoms with van der Waals surface area (Å²) in [4.78, 5) is 22.1. The van der Waals surface area contributed by atoms with Crippen molar-refractivity contribution >= 4 is 17.3 Å². The Kier molecular flexibility index (Phi) is 8.18. The maximum absolute atomic E-state index is 11.9. The van der Waals surface area contributed by atoms with Crippen LogP contribution in [0.2, 0.25) is 0 Å². The lowest BCUT2D eigenvalue weighted by atomic mass is 10.1. The van der Waals surface area contributed by atoms with Gasteiger partial charge in [0.05, 0.1) is 4.92 Å². The van der Waals surface area contributed by atoms with Crippen molar-refractivity contribution in [1.82, 2.24) is 0 Å². The highest BCUT2D eigenvalue weighted by Gasteiger charge is 2.10. The van der Waals surface area contributed by atoms with Gasteiger partial charge in [0.2, 0.25) is 5.91 Å². The topological polar surface area (TPSA) is 72.2 Å². The molecule has 1 N–H and O–H groups in total. The molecule has 0 saturated carbocycles. The van der Waals surface area contributed by atoms with E-state index in [4.69, 9.17) is 0 Å². The Morgan fingerprint density at radius 3 is 2.36 bits per heavy atom. The molecule has 0 aromatic heterocycles. The van der Waals surface area contributed by atoms with Crippen molar-refractivity contribution in [3.05, 3.63) is 33.9 Å². The van der Waals surface area contributed by atoms with Gasteiger partial charge in [-0.2, -0.15) is 0 Å². The number of hydrogen-bond acceptors (Lipinski definition) is 3. The summed E-state index contributed by atoms with van der Waals surface area (Å²) in [6.45, 7) is 3.96. The Hall–Kier alpha value is -1.91. The standard InChI is InChI=1S/C17H26N2O3/c1-3-4-5-6-7-8-9-10-17(20)18-16-12-11-15(19(21)22)13-14(16)2/h11-13H,3-10H2,1-2H3,(H,18,20). The van der Waals surface area contributed by atoms with Crippen molar-refractivity contribution in [3.63, 3.8) is 0 Å². The minimum Gasteiger partial charge on any atom is -0.326 e. The lowest BCUT2D eigenvalue weighted by Crippen LogP contribution is -2.12. The largest absolute Gasteiger partial charge is 0.326 e. The molecule has 5 heteroatoms. The second kappa shape index (κ2) is 9.92. The number of nitrogens with one attached hydrogen (secondary N) is 1. The van der Waals surface area contributed by atoms with Gasteiger partial charge in [-0.3, -0.25) is 14.9 Å². The van der Waals surface area contributed by atoms with Gasteiger partial charge in [-0.15, -0.1) is 0 Å². The first kappa shape index (κ1) is 18.1. The molecule has 5 nitrogen and oxygen atoms in total. The van der Waals surface area contributed by atoms with Crippen LogP contribution in [0.4, 0.5) is 11.4 Å². The Morgan fingerprint density at radius 2 is 1.77 bits per heavy atom. The van der Waals surface area contributed by atoms with E-state index in [1.807, 2.05) is 0 Å². The zero-order valence-electron chi connectivity index (χ0n) is 13.6. The van der Waals surface area contributed by atoms with Crippen molar-refractivity contribution in [3.8, 4) is 0 Å². The average molecular weight is 306 g/mol. The van der Waals surface area contributed by atoms with Gasteiger partial charge in [0.15, 0.2) is 0 Å². The second-order valence-corrected chi connectivity index (χ2v) is 5.68. The number of non-ortho nitro benzene ring substituents is 1. The summed E-state index contributed by atoms with van der Waals surface area (Å²) < 4.78 is 0. The zero-order valence-corrected chi connectivity index (χ0v) is 13.6. The number of nitrogens with zero attached hydrogens (tertiary/aromatic N) is 1. The van der Waals surface area contributed by atoms with Gasteiger partial charge in [-0.1, -0.05) is 45.4 Å². The molecular formula is C17H26N2O3. The Balaban J connectivity index is 2.29. The van der Waals surface area contributed by atoms with E-state index in [-0.39, 0.29) is 11.6 Å². The van der Waals surface area contributed by atoms with E-state index in [1.54, 1.807) is 13.0 Å². The molecule has 1 amide bonds. The molecule has 0 heterocycles. The maximum atomic E-state index is 11.9. The van der Waals surface area contributed by atoms with E-state index < -0.39 is 4.92 Å². The molecule has 0 spiro atoms. The molecule has 0 aliphatic heterocycles. The fraction of sp³-hybridized carbons (Fsp3) is 0.588. The Bertz CT molecular complexity index is 501. The average Bonchev–Trinajstić information content (AvgIpc) is 2.48. The molecule has 0 atom stereocenters. The highest BCUT2D eigenvalue weighted by Crippen LogP contribution is 2.21. The second-order valence-electron chi connectivity index (χ2n) is 5.68. The van der Waals surface area contributed by atoms with E-state index in [9.17, 15) is 14.9 Å². The first-order valence-electron chi connectivity index (χ1n) is 8.09. The molecule has 0 aliphatic rings. The lowest BCUT2D eigenvalue weighted by molar-refractivity contribution is -0.384. The monoisotopic (exact) mass is 306 g/mol. The summed E-state index contributed by atoms with van der Waals surface area (Å²) in [5.74, 6) is -0.0227. The summed E-state index contributed by atoms with van der Waals surface area (Å²) in [6, 6.07) is 4.48. The van der Waals surface area contributed by atoms with Crippen LogP contribution in [0.3, 0.4) is 0 Å². The van der Waals surface area contributed by atoms with Gasteiger partial charge < -0.3 is 5.32 Å². The normalized spacial score (nSPS) is 10.5. The molecule has 0 radical (unpaired) electrons. The number of nitro benzene ring substituents is 1. The van der Waals surface area contributed by atoms with Gasteiger partial charge in [0.25, 0.3) is 5.69 Å². The molecule has 1 rings (SSSR count). The van der Waals surface area contributed by atoms with Gasteiger partial charge >= 0.3 is 0 Å². The summed E-state index contributed by atoms with van der Waals surface area (Å²) in [6.07, 6.45) is 8.73. The van der Waals surface area contributed by atoms with Crippen molar-refractivity contribution in [1.29, 1.82) is 0 Å². The number of unbranched alkanes of at least 4 members (excludes halogenated alkanes) is 6. The number of benzene rings is 1. The van der Waals surface area contributed by atoms with Gasteiger partial charge in [0.1, 0.15) is 0 Å². The van der Waals surface area contributed by atoms with Crippen molar-refractivity contribution < 1.29 is 9.72 Å². The number of nitro groups is 1. The van der Waals surface area contributed by atoms with Crippen LogP contribution in [0.1, 0.15) is 63.9 Å². The third-order valence-electron chi connectivity index (χ3n) is 3.70. The van der Waals surface area contributed by atoms with Crippen molar-refractivity contribution in [2.75, 3.05) is 5.32 Å². The number of carbonyl (C=O) groups is 1. The van der Waals surface area contributed by atoms with Crippen LogP contribution < -0.4 is 5.32 Å². The molecule has 1 aromatic carbocycles. The smallest absolute Gasteiger partial charge is 0.269 e. The van der Waals surface area contributed by atoms with E-state index in [2.05, 4.69) is 12.2 Å². The number of hydrogen-bond donors (Lipinski definition) is 1. The van der Waals surface area contributed by atoms with E-state index in [0.29, 0.717) is 17.7 Å². The number of carbonyl (C=O) groups excluding carboxylic acids is 1. The van der Waals surface area contributed by atoms with Crippen LogP contribution in [0.5, 0.6) is 0 Å². The Labute approximate surface area is 132 Å². The molecule has 0 aliphatic carbocycles. The van der Waals surface area contributed by atoms with Crippen LogP contribution in [0.15, 0.2) is 18.2 Å². The highest BCUT2D eigenvalue weighted by molar-refractivity contribution is 5.91. The number of amides is 1. The van der Waals surface area contributed by atoms with E-state index in [1.165, 1.54) is 44.2 Å². The molecule has 0 unspecified atom stereocenters. The number of aryl methyl sites for hydroxylation is 1. The molecule has 22 heavy (non-hydrogen) atoms. The van der Waals surface area contributed by atoms with Gasteiger partial charge in [0, 0.05) is 24.2 Å². The fourth-order valence-corrected chi connectivity index (χ4v) is 2.36. The summed E-state index contributed by atoms with van der Waals surface area (Å²) >= 11 is 0. The zero-order chi connectivity index (χ0) is 16.4. The maximum Gasteiger partial charge on any atom is 0.269 e. The van der Waals surface area contributed by atoms with E-state index >= 15 is 0 Å². The predicted octanol–water partition coefficient (Wildman–Crippen LogP) is 4.98. The molecule has 1 aromatic rings. The van der Waals surface area contributed by atoms with Gasteiger partial charge in [-0.05, 0) is 25.0 Å². The summed E-state index contributed by atoms with van der Waals surface area (Å²) in [5.41, 5.74) is 1.41. The number of rotatable bonds is 10. The van der Waals surface area contributed by atoms with Gasteiger partial charge in [-0.25, -0.2) is 0 Å². The Morgan fingerprint density at radius 1 is 1.14 bits per heavy atom. The summed E-state index contributed by atoms with van der Waals surface area (Å²) in [7, 11) is 0. The quantitative estimate of drug-likeness (QED) is 0.376. The first-order valence-corrected chi connectivity index (χ1v) is 8.09. The minimum atomic E-state index is -0.433. The molecule has 0 bridgehead atoms. The van der Waals surface area contributed by atoms with Crippen LogP contribution in [0, 0.1) is 17.0 Å². The van der Waals surface area contributed by atoms with Crippen LogP contribution in [-0.4, -0.2) is 10.8 Å². The molecular weight excluding hydrogens is 280 g/mol. The highest BCUT2D eigenvalue weighted by atomic mass is 16.6. The number of anilines is 1. The molecule has 0 saturated heterocycles.